The van der Waals surface area contributed by atoms with Crippen LogP contribution in [0.4, 0.5) is 0 Å². The molecule has 4 aliphatic rings. The lowest BCUT2D eigenvalue weighted by Gasteiger charge is -2.44. The molecule has 1 aromatic carbocycles. The minimum Gasteiger partial charge on any atom is -0.322 e. The molecule has 0 aromatic heterocycles. The van der Waals surface area contributed by atoms with Crippen LogP contribution in [-0.4, -0.2) is 5.54 Å². The summed E-state index contributed by atoms with van der Waals surface area (Å²) in [6, 6.07) is 11.3. The first kappa shape index (κ1) is 22.0. The third-order valence-electron chi connectivity index (χ3n) is 9.13. The third-order valence-corrected chi connectivity index (χ3v) is 9.13. The van der Waals surface area contributed by atoms with Crippen molar-refractivity contribution < 1.29 is 0 Å². The lowest BCUT2D eigenvalue weighted by atomic mass is 9.60. The highest BCUT2D eigenvalue weighted by atomic mass is 14.7. The van der Waals surface area contributed by atoms with E-state index in [2.05, 4.69) is 76.3 Å². The van der Waals surface area contributed by atoms with Crippen LogP contribution in [0.5, 0.6) is 0 Å². The van der Waals surface area contributed by atoms with Crippen LogP contribution in [0.3, 0.4) is 0 Å². The van der Waals surface area contributed by atoms with Crippen LogP contribution in [0.25, 0.3) is 0 Å². The molecule has 32 heavy (non-hydrogen) atoms. The van der Waals surface area contributed by atoms with Crippen LogP contribution in [-0.2, 0) is 0 Å². The molecule has 1 nitrogen and oxygen atoms in total. The smallest absolute Gasteiger partial charge is 0.0311 e. The van der Waals surface area contributed by atoms with E-state index in [9.17, 15) is 0 Å². The predicted octanol–water partition coefficient (Wildman–Crippen LogP) is 7.87. The average molecular weight is 428 g/mol. The topological polar surface area (TPSA) is 26.0 Å². The second kappa shape index (κ2) is 8.49. The highest BCUT2D eigenvalue weighted by Gasteiger charge is 2.47. The molecule has 2 N–H and O–H groups in total. The van der Waals surface area contributed by atoms with Gasteiger partial charge >= 0.3 is 0 Å². The van der Waals surface area contributed by atoms with Gasteiger partial charge in [-0.1, -0.05) is 66.1 Å². The molecule has 1 fully saturated rings. The minimum absolute atomic E-state index is 0.265. The standard InChI is InChI=1S/C31H41N/c1-20(21(2)31(3,4)32)17-27(22-11-6-5-7-12-22)28-19-25-15-10-14-24-18-23-13-8-9-16-26(23)30(28)29(24)25/h5-7,9,11-12,16,19,23-25,27,29H,8,10,13-15,17-18,32H2,1-4H3/b21-20+. The molecule has 0 heterocycles. The van der Waals surface area contributed by atoms with Gasteiger partial charge in [-0.15, -0.1) is 0 Å². The maximum absolute atomic E-state index is 6.52. The predicted molar refractivity (Wildman–Crippen MR) is 136 cm³/mol. The summed E-state index contributed by atoms with van der Waals surface area (Å²) in [4.78, 5) is 0. The molecule has 4 aliphatic carbocycles. The average Bonchev–Trinajstić information content (AvgIpc) is 3.18. The third kappa shape index (κ3) is 3.87. The van der Waals surface area contributed by atoms with Crippen molar-refractivity contribution in [3.63, 3.8) is 0 Å². The Bertz CT molecular complexity index is 981. The summed E-state index contributed by atoms with van der Waals surface area (Å²) in [6.07, 6.45) is 17.0. The van der Waals surface area contributed by atoms with E-state index in [1.807, 2.05) is 0 Å². The fourth-order valence-electron chi connectivity index (χ4n) is 7.22. The summed E-state index contributed by atoms with van der Waals surface area (Å²) in [5, 5.41) is 0. The summed E-state index contributed by atoms with van der Waals surface area (Å²) in [5.41, 5.74) is 15.6. The number of hydrogen-bond acceptors (Lipinski definition) is 1. The van der Waals surface area contributed by atoms with Crippen molar-refractivity contribution in [2.24, 2.45) is 29.4 Å². The minimum atomic E-state index is -0.265. The highest BCUT2D eigenvalue weighted by Crippen LogP contribution is 2.59. The number of allylic oxidation sites excluding steroid dienone is 7. The van der Waals surface area contributed by atoms with E-state index < -0.39 is 0 Å². The lowest BCUT2D eigenvalue weighted by molar-refractivity contribution is 0.180. The lowest BCUT2D eigenvalue weighted by Crippen LogP contribution is -2.34. The SMILES string of the molecule is C/C(CC(C1=CC2CCCC3CC4CCC=CC4=C1C23)c1ccccc1)=C(/C)C(C)(C)N. The van der Waals surface area contributed by atoms with Crippen LogP contribution >= 0.6 is 0 Å². The Morgan fingerprint density at radius 3 is 2.62 bits per heavy atom. The second-order valence-corrected chi connectivity index (χ2v) is 11.6. The van der Waals surface area contributed by atoms with Crippen LogP contribution in [0.1, 0.15) is 84.1 Å². The van der Waals surface area contributed by atoms with E-state index in [-0.39, 0.29) is 5.54 Å². The Balaban J connectivity index is 1.63. The fraction of sp³-hybridized carbons (Fsp3) is 0.548. The summed E-state index contributed by atoms with van der Waals surface area (Å²) >= 11 is 0. The van der Waals surface area contributed by atoms with Crippen molar-refractivity contribution in [3.05, 3.63) is 82.0 Å². The van der Waals surface area contributed by atoms with Crippen molar-refractivity contribution in [2.75, 3.05) is 0 Å². The summed E-state index contributed by atoms with van der Waals surface area (Å²) in [6.45, 7) is 8.83. The van der Waals surface area contributed by atoms with Crippen LogP contribution in [0.2, 0.25) is 0 Å². The number of rotatable bonds is 5. The molecule has 1 aromatic rings. The van der Waals surface area contributed by atoms with Gasteiger partial charge in [-0.05, 0) is 112 Å². The molecule has 170 valence electrons. The second-order valence-electron chi connectivity index (χ2n) is 11.6. The summed E-state index contributed by atoms with van der Waals surface area (Å²) in [5.74, 6) is 3.64. The van der Waals surface area contributed by atoms with Crippen molar-refractivity contribution in [2.45, 2.75) is 84.1 Å². The van der Waals surface area contributed by atoms with E-state index in [0.29, 0.717) is 5.92 Å². The Morgan fingerprint density at radius 2 is 1.88 bits per heavy atom. The van der Waals surface area contributed by atoms with Gasteiger partial charge in [0.2, 0.25) is 0 Å². The monoisotopic (exact) mass is 427 g/mol. The molecule has 0 amide bonds. The Morgan fingerprint density at radius 1 is 1.09 bits per heavy atom. The highest BCUT2D eigenvalue weighted by molar-refractivity contribution is 5.55. The number of fused-ring (bicyclic) bond motifs is 1. The van der Waals surface area contributed by atoms with Gasteiger partial charge in [-0.3, -0.25) is 0 Å². The largest absolute Gasteiger partial charge is 0.322 e. The molecule has 5 rings (SSSR count). The molecule has 0 radical (unpaired) electrons. The van der Waals surface area contributed by atoms with Gasteiger partial charge in [0.1, 0.15) is 0 Å². The first-order chi connectivity index (χ1) is 15.3. The van der Waals surface area contributed by atoms with Crippen molar-refractivity contribution in [1.29, 1.82) is 0 Å². The zero-order valence-electron chi connectivity index (χ0n) is 20.5. The number of hydrogen-bond donors (Lipinski definition) is 1. The molecule has 0 saturated heterocycles. The van der Waals surface area contributed by atoms with Crippen LogP contribution in [0, 0.1) is 23.7 Å². The maximum atomic E-state index is 6.52. The van der Waals surface area contributed by atoms with Gasteiger partial charge in [0.25, 0.3) is 0 Å². The normalized spacial score (nSPS) is 31.0. The van der Waals surface area contributed by atoms with Crippen molar-refractivity contribution in [3.8, 4) is 0 Å². The molecule has 1 heteroatoms. The van der Waals surface area contributed by atoms with Gasteiger partial charge in [-0.25, -0.2) is 0 Å². The zero-order chi connectivity index (χ0) is 22.5. The van der Waals surface area contributed by atoms with E-state index in [1.54, 1.807) is 16.7 Å². The van der Waals surface area contributed by atoms with Crippen molar-refractivity contribution >= 4 is 0 Å². The maximum Gasteiger partial charge on any atom is 0.0311 e. The van der Waals surface area contributed by atoms with Gasteiger partial charge < -0.3 is 5.73 Å². The molecule has 0 bridgehead atoms. The number of benzene rings is 1. The van der Waals surface area contributed by atoms with Gasteiger partial charge in [0.15, 0.2) is 0 Å². The molecule has 5 atom stereocenters. The number of nitrogens with two attached hydrogens (primary N) is 1. The summed E-state index contributed by atoms with van der Waals surface area (Å²) in [7, 11) is 0. The van der Waals surface area contributed by atoms with Gasteiger partial charge in [0.05, 0.1) is 0 Å². The van der Waals surface area contributed by atoms with E-state index in [0.717, 1.165) is 30.1 Å². The molecule has 5 unspecified atom stereocenters. The van der Waals surface area contributed by atoms with Crippen LogP contribution in [0.15, 0.2) is 76.4 Å². The first-order valence-corrected chi connectivity index (χ1v) is 13.0. The molecule has 1 saturated carbocycles. The van der Waals surface area contributed by atoms with Crippen molar-refractivity contribution in [1.82, 2.24) is 0 Å². The Kier molecular flexibility index (Phi) is 5.82. The Hall–Kier alpha value is -1.86. The van der Waals surface area contributed by atoms with Crippen LogP contribution < -0.4 is 5.73 Å². The molecule has 0 aliphatic heterocycles. The van der Waals surface area contributed by atoms with Gasteiger partial charge in [-0.2, -0.15) is 0 Å². The summed E-state index contributed by atoms with van der Waals surface area (Å²) < 4.78 is 0. The van der Waals surface area contributed by atoms with E-state index in [1.165, 1.54) is 55.2 Å². The van der Waals surface area contributed by atoms with E-state index in [4.69, 9.17) is 5.73 Å². The van der Waals surface area contributed by atoms with E-state index >= 15 is 0 Å². The molecular formula is C31H41N. The molecular weight excluding hydrogens is 386 g/mol. The Labute approximate surface area is 195 Å². The quantitative estimate of drug-likeness (QED) is 0.475. The zero-order valence-corrected chi connectivity index (χ0v) is 20.5. The van der Waals surface area contributed by atoms with Gasteiger partial charge in [0, 0.05) is 11.5 Å². The molecule has 0 spiro atoms. The fourth-order valence-corrected chi connectivity index (χ4v) is 7.22. The first-order valence-electron chi connectivity index (χ1n) is 13.0.